The number of aryl methyl sites for hydroxylation is 1. The lowest BCUT2D eigenvalue weighted by Crippen LogP contribution is -2.31. The van der Waals surface area contributed by atoms with Crippen LogP contribution in [0.25, 0.3) is 0 Å². The largest absolute Gasteiger partial charge is 0.484 e. The van der Waals surface area contributed by atoms with E-state index in [1.54, 1.807) is 55.5 Å². The maximum absolute atomic E-state index is 13.0. The number of hydrogen-bond acceptors (Lipinski definition) is 4. The van der Waals surface area contributed by atoms with Crippen molar-refractivity contribution in [1.29, 1.82) is 0 Å². The Hall–Kier alpha value is -3.32. The number of amides is 1. The summed E-state index contributed by atoms with van der Waals surface area (Å²) >= 11 is 0. The van der Waals surface area contributed by atoms with Gasteiger partial charge in [0.2, 0.25) is 0 Å². The molecular formula is C25H28N2O4S. The predicted molar refractivity (Wildman–Crippen MR) is 126 cm³/mol. The quantitative estimate of drug-likeness (QED) is 0.505. The zero-order chi connectivity index (χ0) is 23.0. The van der Waals surface area contributed by atoms with Crippen LogP contribution in [0.1, 0.15) is 18.1 Å². The van der Waals surface area contributed by atoms with Crippen molar-refractivity contribution in [2.75, 3.05) is 24.0 Å². The van der Waals surface area contributed by atoms with Crippen LogP contribution in [-0.4, -0.2) is 34.0 Å². The van der Waals surface area contributed by atoms with Gasteiger partial charge in [-0.05, 0) is 62.2 Å². The topological polar surface area (TPSA) is 75.7 Å². The van der Waals surface area contributed by atoms with E-state index < -0.39 is 10.0 Å². The van der Waals surface area contributed by atoms with Gasteiger partial charge in [0.15, 0.2) is 6.61 Å². The fraction of sp³-hybridized carbons (Fsp3) is 0.240. The van der Waals surface area contributed by atoms with E-state index in [2.05, 4.69) is 5.32 Å². The molecule has 0 aliphatic heterocycles. The minimum Gasteiger partial charge on any atom is -0.484 e. The lowest BCUT2D eigenvalue weighted by atomic mass is 10.1. The number of benzene rings is 3. The molecule has 0 heterocycles. The highest BCUT2D eigenvalue weighted by Gasteiger charge is 2.23. The zero-order valence-corrected chi connectivity index (χ0v) is 19.1. The molecule has 0 aliphatic carbocycles. The SMILES string of the molecule is CCN(c1ccc(OCC(=O)NCCc2ccccc2)cc1)S(=O)(=O)c1ccc(C)cc1. The molecule has 0 saturated heterocycles. The summed E-state index contributed by atoms with van der Waals surface area (Å²) in [6, 6.07) is 23.4. The molecule has 0 fully saturated rings. The summed E-state index contributed by atoms with van der Waals surface area (Å²) in [6.45, 7) is 4.42. The van der Waals surface area contributed by atoms with Gasteiger partial charge in [-0.25, -0.2) is 8.42 Å². The van der Waals surface area contributed by atoms with Gasteiger partial charge < -0.3 is 10.1 Å². The van der Waals surface area contributed by atoms with E-state index in [4.69, 9.17) is 4.74 Å². The number of hydrogen-bond donors (Lipinski definition) is 1. The molecule has 7 heteroatoms. The second-order valence-corrected chi connectivity index (χ2v) is 9.21. The fourth-order valence-corrected chi connectivity index (χ4v) is 4.70. The van der Waals surface area contributed by atoms with Gasteiger partial charge in [-0.15, -0.1) is 0 Å². The number of ether oxygens (including phenoxy) is 1. The van der Waals surface area contributed by atoms with Crippen LogP contribution in [0.2, 0.25) is 0 Å². The molecule has 0 saturated carbocycles. The van der Waals surface area contributed by atoms with Crippen LogP contribution in [0, 0.1) is 6.92 Å². The van der Waals surface area contributed by atoms with E-state index in [-0.39, 0.29) is 17.4 Å². The number of rotatable bonds is 10. The van der Waals surface area contributed by atoms with Crippen molar-refractivity contribution in [2.45, 2.75) is 25.2 Å². The van der Waals surface area contributed by atoms with E-state index in [0.717, 1.165) is 17.5 Å². The van der Waals surface area contributed by atoms with Gasteiger partial charge >= 0.3 is 0 Å². The van der Waals surface area contributed by atoms with Crippen LogP contribution >= 0.6 is 0 Å². The summed E-state index contributed by atoms with van der Waals surface area (Å²) in [4.78, 5) is 12.3. The molecule has 0 aliphatic rings. The molecule has 0 aromatic heterocycles. The highest BCUT2D eigenvalue weighted by molar-refractivity contribution is 7.92. The fourth-order valence-electron chi connectivity index (χ4n) is 3.23. The van der Waals surface area contributed by atoms with Gasteiger partial charge in [-0.1, -0.05) is 48.0 Å². The average Bonchev–Trinajstić information content (AvgIpc) is 2.80. The van der Waals surface area contributed by atoms with Gasteiger partial charge in [0, 0.05) is 13.1 Å². The molecule has 0 radical (unpaired) electrons. The Morgan fingerprint density at radius 1 is 0.938 bits per heavy atom. The molecule has 3 aromatic rings. The maximum atomic E-state index is 13.0. The van der Waals surface area contributed by atoms with E-state index in [1.165, 1.54) is 4.31 Å². The standard InChI is InChI=1S/C25H28N2O4S/c1-3-27(32(29,30)24-15-9-20(2)10-16-24)22-11-13-23(14-12-22)31-19-25(28)26-18-17-21-7-5-4-6-8-21/h4-16H,3,17-19H2,1-2H3,(H,26,28). The Morgan fingerprint density at radius 3 is 2.22 bits per heavy atom. The molecule has 1 amide bonds. The number of sulfonamides is 1. The molecule has 3 rings (SSSR count). The second-order valence-electron chi connectivity index (χ2n) is 7.35. The Labute approximate surface area is 189 Å². The van der Waals surface area contributed by atoms with Crippen LogP contribution < -0.4 is 14.4 Å². The minimum atomic E-state index is -3.66. The van der Waals surface area contributed by atoms with Gasteiger partial charge in [0.05, 0.1) is 10.6 Å². The molecule has 6 nitrogen and oxygen atoms in total. The summed E-state index contributed by atoms with van der Waals surface area (Å²) in [5.74, 6) is 0.290. The summed E-state index contributed by atoms with van der Waals surface area (Å²) in [7, 11) is -3.66. The van der Waals surface area contributed by atoms with E-state index in [0.29, 0.717) is 24.5 Å². The summed E-state index contributed by atoms with van der Waals surface area (Å²) in [5, 5.41) is 2.83. The van der Waals surface area contributed by atoms with Gasteiger partial charge in [-0.3, -0.25) is 9.10 Å². The second kappa shape index (κ2) is 10.8. The normalized spacial score (nSPS) is 11.1. The molecule has 0 spiro atoms. The highest BCUT2D eigenvalue weighted by Crippen LogP contribution is 2.25. The molecule has 32 heavy (non-hydrogen) atoms. The van der Waals surface area contributed by atoms with Crippen molar-refractivity contribution in [1.82, 2.24) is 5.32 Å². The van der Waals surface area contributed by atoms with Crippen LogP contribution in [0.15, 0.2) is 83.8 Å². The third kappa shape index (κ3) is 6.11. The Balaban J connectivity index is 1.55. The predicted octanol–water partition coefficient (Wildman–Crippen LogP) is 3.95. The number of carbonyl (C=O) groups is 1. The summed E-state index contributed by atoms with van der Waals surface area (Å²) in [6.07, 6.45) is 0.754. The van der Waals surface area contributed by atoms with Crippen molar-refractivity contribution in [3.8, 4) is 5.75 Å². The maximum Gasteiger partial charge on any atom is 0.264 e. The minimum absolute atomic E-state index is 0.104. The van der Waals surface area contributed by atoms with Crippen LogP contribution in [0.5, 0.6) is 5.75 Å². The molecule has 168 valence electrons. The summed E-state index contributed by atoms with van der Waals surface area (Å²) < 4.78 is 32.9. The lowest BCUT2D eigenvalue weighted by molar-refractivity contribution is -0.123. The first-order valence-corrected chi connectivity index (χ1v) is 12.0. The van der Waals surface area contributed by atoms with Crippen LogP contribution in [0.3, 0.4) is 0 Å². The lowest BCUT2D eigenvalue weighted by Gasteiger charge is -2.23. The average molecular weight is 453 g/mol. The van der Waals surface area contributed by atoms with Gasteiger partial charge in [0.25, 0.3) is 15.9 Å². The first kappa shape index (κ1) is 23.3. The van der Waals surface area contributed by atoms with Crippen LogP contribution in [0.4, 0.5) is 5.69 Å². The van der Waals surface area contributed by atoms with E-state index in [1.807, 2.05) is 37.3 Å². The molecule has 0 bridgehead atoms. The van der Waals surface area contributed by atoms with Gasteiger partial charge in [-0.2, -0.15) is 0 Å². The van der Waals surface area contributed by atoms with Crippen molar-refractivity contribution in [2.24, 2.45) is 0 Å². The van der Waals surface area contributed by atoms with Crippen molar-refractivity contribution in [3.63, 3.8) is 0 Å². The third-order valence-electron chi connectivity index (χ3n) is 4.97. The summed E-state index contributed by atoms with van der Waals surface area (Å²) in [5.41, 5.74) is 2.69. The first-order chi connectivity index (χ1) is 15.4. The molecule has 1 N–H and O–H groups in total. The number of nitrogens with one attached hydrogen (secondary N) is 1. The first-order valence-electron chi connectivity index (χ1n) is 10.5. The molecule has 0 unspecified atom stereocenters. The zero-order valence-electron chi connectivity index (χ0n) is 18.3. The monoisotopic (exact) mass is 452 g/mol. The molecule has 3 aromatic carbocycles. The molecular weight excluding hydrogens is 424 g/mol. The highest BCUT2D eigenvalue weighted by atomic mass is 32.2. The van der Waals surface area contributed by atoms with Crippen molar-refractivity contribution < 1.29 is 17.9 Å². The Morgan fingerprint density at radius 2 is 1.59 bits per heavy atom. The number of nitrogens with zero attached hydrogens (tertiary/aromatic N) is 1. The van der Waals surface area contributed by atoms with E-state index in [9.17, 15) is 13.2 Å². The Kier molecular flexibility index (Phi) is 7.89. The van der Waals surface area contributed by atoms with Gasteiger partial charge in [0.1, 0.15) is 5.75 Å². The molecule has 0 atom stereocenters. The smallest absolute Gasteiger partial charge is 0.264 e. The Bertz CT molecular complexity index is 1110. The van der Waals surface area contributed by atoms with E-state index >= 15 is 0 Å². The van der Waals surface area contributed by atoms with Crippen molar-refractivity contribution in [3.05, 3.63) is 90.0 Å². The van der Waals surface area contributed by atoms with Crippen LogP contribution in [-0.2, 0) is 21.2 Å². The third-order valence-corrected chi connectivity index (χ3v) is 6.89. The van der Waals surface area contributed by atoms with Crippen molar-refractivity contribution >= 4 is 21.6 Å². The number of anilines is 1. The number of carbonyl (C=O) groups excluding carboxylic acids is 1.